The SMILES string of the molecule is C/C(C#CC1C(C)CC(=O)CC1(C)C)=C/CO.CC.CO. The monoisotopic (exact) mass is 296 g/mol. The molecule has 0 saturated heterocycles. The molecular formula is C18H32O3. The molecule has 3 heteroatoms. The number of carbonyl (C=O) groups is 1. The van der Waals surface area contributed by atoms with Crippen molar-refractivity contribution >= 4 is 5.78 Å². The van der Waals surface area contributed by atoms with Crippen LogP contribution in [0, 0.1) is 29.1 Å². The van der Waals surface area contributed by atoms with Crippen molar-refractivity contribution in [2.75, 3.05) is 13.7 Å². The molecule has 1 fully saturated rings. The number of aliphatic hydroxyl groups is 2. The predicted octanol–water partition coefficient (Wildman–Crippen LogP) is 3.20. The molecule has 1 saturated carbocycles. The van der Waals surface area contributed by atoms with Crippen LogP contribution in [-0.2, 0) is 4.79 Å². The highest BCUT2D eigenvalue weighted by molar-refractivity contribution is 5.80. The first-order valence-electron chi connectivity index (χ1n) is 7.62. The largest absolute Gasteiger partial charge is 0.400 e. The van der Waals surface area contributed by atoms with Gasteiger partial charge in [-0.05, 0) is 29.9 Å². The summed E-state index contributed by atoms with van der Waals surface area (Å²) in [5, 5.41) is 15.8. The molecule has 2 atom stereocenters. The van der Waals surface area contributed by atoms with E-state index in [0.717, 1.165) is 12.7 Å². The summed E-state index contributed by atoms with van der Waals surface area (Å²) < 4.78 is 0. The van der Waals surface area contributed by atoms with E-state index in [1.807, 2.05) is 20.8 Å². The van der Waals surface area contributed by atoms with Crippen molar-refractivity contribution in [3.8, 4) is 11.8 Å². The van der Waals surface area contributed by atoms with Crippen LogP contribution >= 0.6 is 0 Å². The van der Waals surface area contributed by atoms with Crippen molar-refractivity contribution < 1.29 is 15.0 Å². The zero-order chi connectivity index (χ0) is 17.1. The number of allylic oxidation sites excluding steroid dienone is 1. The van der Waals surface area contributed by atoms with E-state index < -0.39 is 0 Å². The van der Waals surface area contributed by atoms with Crippen molar-refractivity contribution in [1.82, 2.24) is 0 Å². The van der Waals surface area contributed by atoms with Gasteiger partial charge in [0.1, 0.15) is 5.78 Å². The summed E-state index contributed by atoms with van der Waals surface area (Å²) in [6.07, 6.45) is 2.98. The molecule has 0 aromatic rings. The Labute approximate surface area is 130 Å². The second-order valence-corrected chi connectivity index (χ2v) is 5.70. The first kappa shape index (κ1) is 22.2. The summed E-state index contributed by atoms with van der Waals surface area (Å²) >= 11 is 0. The van der Waals surface area contributed by atoms with Crippen LogP contribution in [0.5, 0.6) is 0 Å². The van der Waals surface area contributed by atoms with Gasteiger partial charge < -0.3 is 10.2 Å². The lowest BCUT2D eigenvalue weighted by Crippen LogP contribution is -2.37. The van der Waals surface area contributed by atoms with Crippen molar-refractivity contribution in [3.63, 3.8) is 0 Å². The molecule has 3 nitrogen and oxygen atoms in total. The highest BCUT2D eigenvalue weighted by Gasteiger charge is 2.39. The summed E-state index contributed by atoms with van der Waals surface area (Å²) in [6.45, 7) is 12.3. The zero-order valence-electron chi connectivity index (χ0n) is 14.7. The fourth-order valence-corrected chi connectivity index (χ4v) is 2.65. The van der Waals surface area contributed by atoms with Gasteiger partial charge in [-0.2, -0.15) is 0 Å². The lowest BCUT2D eigenvalue weighted by Gasteiger charge is -2.38. The molecule has 0 aliphatic heterocycles. The number of hydrogen-bond acceptors (Lipinski definition) is 3. The highest BCUT2D eigenvalue weighted by Crippen LogP contribution is 2.41. The standard InChI is InChI=1S/C15H22O2.C2H6.CH4O/c1-11(7-8-16)5-6-14-12(2)9-13(17)10-15(14,3)4;2*1-2/h7,12,14,16H,8-10H2,1-4H3;1-2H3;2H,1H3/b11-7-;;. The maximum absolute atomic E-state index is 11.6. The van der Waals surface area contributed by atoms with E-state index in [4.69, 9.17) is 10.2 Å². The molecule has 0 aromatic carbocycles. The van der Waals surface area contributed by atoms with Crippen molar-refractivity contribution in [2.45, 2.75) is 54.4 Å². The minimum absolute atomic E-state index is 0.0304. The quantitative estimate of drug-likeness (QED) is 0.731. The fourth-order valence-electron chi connectivity index (χ4n) is 2.65. The van der Waals surface area contributed by atoms with Crippen molar-refractivity contribution in [3.05, 3.63) is 11.6 Å². The summed E-state index contributed by atoms with van der Waals surface area (Å²) in [4.78, 5) is 11.6. The topological polar surface area (TPSA) is 57.5 Å². The van der Waals surface area contributed by atoms with Gasteiger partial charge in [0.05, 0.1) is 6.61 Å². The van der Waals surface area contributed by atoms with Crippen molar-refractivity contribution in [1.29, 1.82) is 0 Å². The molecule has 0 radical (unpaired) electrons. The maximum atomic E-state index is 11.6. The van der Waals surface area contributed by atoms with E-state index in [-0.39, 0.29) is 17.9 Å². The summed E-state index contributed by atoms with van der Waals surface area (Å²) in [6, 6.07) is 0. The average Bonchev–Trinajstić information content (AvgIpc) is 2.41. The minimum atomic E-state index is -0.0404. The Morgan fingerprint density at radius 2 is 1.90 bits per heavy atom. The molecule has 122 valence electrons. The Bertz CT molecular complexity index is 383. The van der Waals surface area contributed by atoms with E-state index in [9.17, 15) is 4.79 Å². The van der Waals surface area contributed by atoms with Gasteiger partial charge in [-0.3, -0.25) is 4.79 Å². The van der Waals surface area contributed by atoms with Gasteiger partial charge in [-0.25, -0.2) is 0 Å². The maximum Gasteiger partial charge on any atom is 0.133 e. The first-order valence-corrected chi connectivity index (χ1v) is 7.62. The number of carbonyl (C=O) groups excluding carboxylic acids is 1. The number of aliphatic hydroxyl groups excluding tert-OH is 2. The molecule has 0 amide bonds. The molecule has 1 aliphatic rings. The molecule has 21 heavy (non-hydrogen) atoms. The number of ketones is 1. The lowest BCUT2D eigenvalue weighted by molar-refractivity contribution is -0.126. The van der Waals surface area contributed by atoms with Crippen LogP contribution in [0.25, 0.3) is 0 Å². The molecule has 0 bridgehead atoms. The molecule has 2 unspecified atom stereocenters. The second kappa shape index (κ2) is 11.5. The smallest absolute Gasteiger partial charge is 0.133 e. The molecular weight excluding hydrogens is 264 g/mol. The predicted molar refractivity (Wildman–Crippen MR) is 88.8 cm³/mol. The molecule has 2 N–H and O–H groups in total. The number of Topliss-reactive ketones (excluding diaryl/α,β-unsaturated/α-hetero) is 1. The van der Waals surface area contributed by atoms with Crippen molar-refractivity contribution in [2.24, 2.45) is 17.3 Å². The Morgan fingerprint density at radius 3 is 2.33 bits per heavy atom. The van der Waals surface area contributed by atoms with Gasteiger partial charge in [0.2, 0.25) is 0 Å². The average molecular weight is 296 g/mol. The third-order valence-corrected chi connectivity index (χ3v) is 3.44. The van der Waals surface area contributed by atoms with Crippen LogP contribution in [0.4, 0.5) is 0 Å². The Kier molecular flexibility index (Phi) is 12.2. The van der Waals surface area contributed by atoms with Crippen LogP contribution in [0.2, 0.25) is 0 Å². The Hall–Kier alpha value is -1.11. The third-order valence-electron chi connectivity index (χ3n) is 3.44. The Balaban J connectivity index is 0. The number of rotatable bonds is 1. The lowest BCUT2D eigenvalue weighted by atomic mass is 9.64. The van der Waals surface area contributed by atoms with Gasteiger partial charge in [0.15, 0.2) is 0 Å². The van der Waals surface area contributed by atoms with Crippen LogP contribution in [0.15, 0.2) is 11.6 Å². The van der Waals surface area contributed by atoms with E-state index in [0.29, 0.717) is 24.5 Å². The van der Waals surface area contributed by atoms with Crippen LogP contribution in [0.1, 0.15) is 54.4 Å². The molecule has 1 rings (SSSR count). The molecule has 0 heterocycles. The number of hydrogen-bond donors (Lipinski definition) is 2. The van der Waals surface area contributed by atoms with E-state index >= 15 is 0 Å². The molecule has 0 aromatic heterocycles. The molecule has 0 spiro atoms. The summed E-state index contributed by atoms with van der Waals surface area (Å²) in [7, 11) is 1.00. The van der Waals surface area contributed by atoms with Gasteiger partial charge in [0.25, 0.3) is 0 Å². The highest BCUT2D eigenvalue weighted by atomic mass is 16.2. The van der Waals surface area contributed by atoms with Crippen LogP contribution in [0.3, 0.4) is 0 Å². The van der Waals surface area contributed by atoms with Gasteiger partial charge in [-0.15, -0.1) is 0 Å². The van der Waals surface area contributed by atoms with Crippen LogP contribution < -0.4 is 0 Å². The first-order chi connectivity index (χ1) is 9.86. The molecule has 1 aliphatic carbocycles. The minimum Gasteiger partial charge on any atom is -0.400 e. The third kappa shape index (κ3) is 8.04. The Morgan fingerprint density at radius 1 is 1.38 bits per heavy atom. The van der Waals surface area contributed by atoms with Crippen LogP contribution in [-0.4, -0.2) is 29.7 Å². The van der Waals surface area contributed by atoms with E-state index in [1.165, 1.54) is 0 Å². The van der Waals surface area contributed by atoms with E-state index in [2.05, 4.69) is 32.6 Å². The summed E-state index contributed by atoms with van der Waals surface area (Å²) in [5.74, 6) is 7.30. The zero-order valence-corrected chi connectivity index (χ0v) is 14.7. The van der Waals surface area contributed by atoms with Gasteiger partial charge in [-0.1, -0.05) is 46.5 Å². The van der Waals surface area contributed by atoms with Gasteiger partial charge >= 0.3 is 0 Å². The van der Waals surface area contributed by atoms with Gasteiger partial charge in [0, 0.05) is 25.9 Å². The van der Waals surface area contributed by atoms with E-state index in [1.54, 1.807) is 6.08 Å². The fraction of sp³-hybridized carbons (Fsp3) is 0.722. The second-order valence-electron chi connectivity index (χ2n) is 5.70. The normalized spacial score (nSPS) is 23.7. The summed E-state index contributed by atoms with van der Waals surface area (Å²) in [5.41, 5.74) is 0.855.